The van der Waals surface area contributed by atoms with Crippen molar-refractivity contribution >= 4 is 17.6 Å². The Hall–Kier alpha value is -1.81. The molecule has 0 spiro atoms. The summed E-state index contributed by atoms with van der Waals surface area (Å²) in [5.74, 6) is -0.826. The molecule has 0 aliphatic heterocycles. The summed E-state index contributed by atoms with van der Waals surface area (Å²) in [4.78, 5) is 17.0. The van der Waals surface area contributed by atoms with Gasteiger partial charge in [0.25, 0.3) is 0 Å². The summed E-state index contributed by atoms with van der Waals surface area (Å²) < 4.78 is 0. The number of aromatic nitrogens is 2. The van der Waals surface area contributed by atoms with Crippen molar-refractivity contribution in [1.29, 1.82) is 0 Å². The van der Waals surface area contributed by atoms with E-state index in [1.807, 2.05) is 0 Å². The fourth-order valence-electron chi connectivity index (χ4n) is 1.21. The molecule has 0 aliphatic rings. The van der Waals surface area contributed by atoms with Crippen molar-refractivity contribution in [1.82, 2.24) is 9.97 Å². The zero-order chi connectivity index (χ0) is 10.8. The predicted molar refractivity (Wildman–Crippen MR) is 53.4 cm³/mol. The average Bonchev–Trinajstić information content (AvgIpc) is 2.66. The first kappa shape index (κ1) is 9.73. The van der Waals surface area contributed by atoms with E-state index in [2.05, 4.69) is 9.97 Å². The van der Waals surface area contributed by atoms with Crippen molar-refractivity contribution in [2.75, 3.05) is 0 Å². The maximum atomic E-state index is 10.5. The first-order valence-electron chi connectivity index (χ1n) is 4.19. The van der Waals surface area contributed by atoms with Gasteiger partial charge in [0, 0.05) is 10.6 Å². The number of rotatable bonds is 2. The number of hydrogen-bond donors (Lipinski definition) is 1. The van der Waals surface area contributed by atoms with E-state index in [-0.39, 0.29) is 5.69 Å². The Labute approximate surface area is 90.5 Å². The summed E-state index contributed by atoms with van der Waals surface area (Å²) in [5, 5.41) is 11.1. The highest BCUT2D eigenvalue weighted by Crippen LogP contribution is 2.19. The molecule has 1 aromatic heterocycles. The van der Waals surface area contributed by atoms with Crippen LogP contribution in [0.1, 0.15) is 10.5 Å². The summed E-state index contributed by atoms with van der Waals surface area (Å²) in [5.41, 5.74) is 0.681. The van der Waals surface area contributed by atoms with Crippen LogP contribution in [0.4, 0.5) is 0 Å². The van der Waals surface area contributed by atoms with Gasteiger partial charge in [0.15, 0.2) is 0 Å². The minimum atomic E-state index is -1.28. The molecule has 0 amide bonds. The van der Waals surface area contributed by atoms with Gasteiger partial charge in [-0.2, -0.15) is 0 Å². The molecule has 0 unspecified atom stereocenters. The van der Waals surface area contributed by atoms with E-state index in [0.717, 1.165) is 5.56 Å². The number of aromatic amines is 1. The van der Waals surface area contributed by atoms with Crippen molar-refractivity contribution in [3.8, 4) is 11.4 Å². The average molecular weight is 222 g/mol. The quantitative estimate of drug-likeness (QED) is 0.826. The van der Waals surface area contributed by atoms with Crippen LogP contribution in [-0.4, -0.2) is 15.9 Å². The summed E-state index contributed by atoms with van der Waals surface area (Å²) in [6.45, 7) is 0. The van der Waals surface area contributed by atoms with Gasteiger partial charge in [-0.05, 0) is 12.1 Å². The molecule has 4 nitrogen and oxygen atoms in total. The fourth-order valence-corrected chi connectivity index (χ4v) is 1.40. The highest BCUT2D eigenvalue weighted by molar-refractivity contribution is 6.30. The fraction of sp³-hybridized carbons (Fsp3) is 0. The molecule has 1 heterocycles. The summed E-state index contributed by atoms with van der Waals surface area (Å²) >= 11 is 5.79. The van der Waals surface area contributed by atoms with E-state index in [9.17, 15) is 9.90 Å². The lowest BCUT2D eigenvalue weighted by molar-refractivity contribution is -0.255. The molecule has 0 aliphatic carbocycles. The third-order valence-corrected chi connectivity index (χ3v) is 2.13. The number of imidazole rings is 1. The smallest absolute Gasteiger partial charge is 0.137 e. The zero-order valence-corrected chi connectivity index (χ0v) is 8.28. The molecule has 0 saturated carbocycles. The number of aromatic carboxylic acids is 1. The van der Waals surface area contributed by atoms with Gasteiger partial charge in [-0.25, -0.2) is 4.98 Å². The van der Waals surface area contributed by atoms with Gasteiger partial charge in [-0.1, -0.05) is 23.7 Å². The van der Waals surface area contributed by atoms with Gasteiger partial charge >= 0.3 is 0 Å². The van der Waals surface area contributed by atoms with Crippen LogP contribution in [-0.2, 0) is 0 Å². The minimum absolute atomic E-state index is 0.0509. The number of carboxylic acid groups (broad SMARTS) is 1. The highest BCUT2D eigenvalue weighted by Gasteiger charge is 2.03. The van der Waals surface area contributed by atoms with Crippen molar-refractivity contribution < 1.29 is 9.90 Å². The Morgan fingerprint density at radius 1 is 1.47 bits per heavy atom. The number of carbonyl (C=O) groups excluding carboxylic acids is 1. The standard InChI is InChI=1S/C10H7ClN2O2/c11-7-3-1-2-6(4-7)9-12-5-8(13-9)10(14)15/h1-5H,(H,12,13)(H,14,15)/p-1. The zero-order valence-electron chi connectivity index (χ0n) is 7.53. The number of nitrogens with one attached hydrogen (secondary N) is 1. The van der Waals surface area contributed by atoms with E-state index in [1.165, 1.54) is 6.20 Å². The Bertz CT molecular complexity index is 508. The van der Waals surface area contributed by atoms with Crippen molar-refractivity contribution in [2.24, 2.45) is 0 Å². The molecule has 1 N–H and O–H groups in total. The maximum Gasteiger partial charge on any atom is 0.137 e. The van der Waals surface area contributed by atoms with E-state index in [1.54, 1.807) is 24.3 Å². The molecule has 2 rings (SSSR count). The number of hydrogen-bond acceptors (Lipinski definition) is 3. The summed E-state index contributed by atoms with van der Waals surface area (Å²) in [6.07, 6.45) is 1.21. The molecule has 5 heteroatoms. The molecule has 0 radical (unpaired) electrons. The van der Waals surface area contributed by atoms with Gasteiger partial charge in [0.1, 0.15) is 5.82 Å². The first-order valence-corrected chi connectivity index (χ1v) is 4.57. The van der Waals surface area contributed by atoms with E-state index in [0.29, 0.717) is 10.8 Å². The number of H-pyrrole nitrogens is 1. The molecule has 0 fully saturated rings. The van der Waals surface area contributed by atoms with Crippen LogP contribution in [0, 0.1) is 0 Å². The normalized spacial score (nSPS) is 10.2. The lowest BCUT2D eigenvalue weighted by atomic mass is 10.2. The molecule has 15 heavy (non-hydrogen) atoms. The van der Waals surface area contributed by atoms with Gasteiger partial charge in [-0.15, -0.1) is 0 Å². The number of benzene rings is 1. The number of nitrogens with zero attached hydrogens (tertiary/aromatic N) is 1. The topological polar surface area (TPSA) is 68.8 Å². The second-order valence-corrected chi connectivity index (χ2v) is 3.38. The lowest BCUT2D eigenvalue weighted by Crippen LogP contribution is -2.22. The van der Waals surface area contributed by atoms with Crippen LogP contribution >= 0.6 is 11.6 Å². The second kappa shape index (κ2) is 3.74. The van der Waals surface area contributed by atoms with Gasteiger partial charge in [-0.3, -0.25) is 0 Å². The minimum Gasteiger partial charge on any atom is -0.543 e. The molecule has 2 aromatic rings. The molecule has 76 valence electrons. The third-order valence-electron chi connectivity index (χ3n) is 1.89. The summed E-state index contributed by atoms with van der Waals surface area (Å²) in [6, 6.07) is 6.97. The third kappa shape index (κ3) is 1.99. The van der Waals surface area contributed by atoms with Crippen LogP contribution in [0.15, 0.2) is 30.5 Å². The van der Waals surface area contributed by atoms with Crippen LogP contribution in [0.5, 0.6) is 0 Å². The van der Waals surface area contributed by atoms with Crippen molar-refractivity contribution in [2.45, 2.75) is 0 Å². The van der Waals surface area contributed by atoms with Crippen LogP contribution in [0.2, 0.25) is 5.02 Å². The molecule has 0 bridgehead atoms. The van der Waals surface area contributed by atoms with E-state index >= 15 is 0 Å². The molecular weight excluding hydrogens is 216 g/mol. The molecular formula is C10H6ClN2O2-. The first-order chi connectivity index (χ1) is 7.16. The van der Waals surface area contributed by atoms with Gasteiger partial charge < -0.3 is 14.9 Å². The number of carbonyl (C=O) groups is 1. The van der Waals surface area contributed by atoms with Crippen LogP contribution in [0.3, 0.4) is 0 Å². The van der Waals surface area contributed by atoms with Crippen LogP contribution in [0.25, 0.3) is 11.4 Å². The van der Waals surface area contributed by atoms with E-state index in [4.69, 9.17) is 11.6 Å². The second-order valence-electron chi connectivity index (χ2n) is 2.94. The number of carboxylic acids is 1. The predicted octanol–water partition coefficient (Wildman–Crippen LogP) is 1.09. The molecule has 1 aromatic carbocycles. The highest BCUT2D eigenvalue weighted by atomic mass is 35.5. The Morgan fingerprint density at radius 2 is 2.27 bits per heavy atom. The largest absolute Gasteiger partial charge is 0.543 e. The van der Waals surface area contributed by atoms with Gasteiger partial charge in [0.2, 0.25) is 0 Å². The monoisotopic (exact) mass is 221 g/mol. The molecule has 0 atom stereocenters. The SMILES string of the molecule is O=C([O-])c1cnc(-c2cccc(Cl)c2)[nH]1. The lowest BCUT2D eigenvalue weighted by Gasteiger charge is -1.98. The Balaban J connectivity index is 2.41. The van der Waals surface area contributed by atoms with Crippen molar-refractivity contribution in [3.63, 3.8) is 0 Å². The Morgan fingerprint density at radius 3 is 2.87 bits per heavy atom. The van der Waals surface area contributed by atoms with E-state index < -0.39 is 5.97 Å². The number of halogens is 1. The molecule has 0 saturated heterocycles. The van der Waals surface area contributed by atoms with Crippen LogP contribution < -0.4 is 5.11 Å². The maximum absolute atomic E-state index is 10.5. The van der Waals surface area contributed by atoms with Gasteiger partial charge in [0.05, 0.1) is 17.9 Å². The van der Waals surface area contributed by atoms with Crippen molar-refractivity contribution in [3.05, 3.63) is 41.2 Å². The summed E-state index contributed by atoms with van der Waals surface area (Å²) in [7, 11) is 0. The Kier molecular flexibility index (Phi) is 2.43.